The third kappa shape index (κ3) is 2.82. The van der Waals surface area contributed by atoms with Gasteiger partial charge in [0, 0.05) is 19.3 Å². The van der Waals surface area contributed by atoms with Gasteiger partial charge >= 0.3 is 5.97 Å². The summed E-state index contributed by atoms with van der Waals surface area (Å²) in [7, 11) is -2.49. The maximum Gasteiger partial charge on any atom is 0.352 e. The predicted molar refractivity (Wildman–Crippen MR) is 81.9 cm³/mol. The maximum atomic E-state index is 12.9. The molecular weight excluding hydrogens is 358 g/mol. The second kappa shape index (κ2) is 5.92. The number of rotatable bonds is 4. The van der Waals surface area contributed by atoms with Crippen LogP contribution < -0.4 is 0 Å². The van der Waals surface area contributed by atoms with Gasteiger partial charge in [-0.05, 0) is 19.1 Å². The van der Waals surface area contributed by atoms with Crippen LogP contribution in [0.5, 0.6) is 0 Å². The van der Waals surface area contributed by atoms with Crippen molar-refractivity contribution in [2.45, 2.75) is 31.3 Å². The molecule has 0 aromatic carbocycles. The third-order valence-electron chi connectivity index (χ3n) is 4.33. The molecular formula is C14H16F2N4O4S. The van der Waals surface area contributed by atoms with Gasteiger partial charge in [0.05, 0.1) is 18.8 Å². The van der Waals surface area contributed by atoms with E-state index in [2.05, 4.69) is 5.10 Å². The molecule has 0 aliphatic carbocycles. The first-order valence-electron chi connectivity index (χ1n) is 7.37. The molecule has 2 aromatic rings. The molecule has 0 amide bonds. The highest BCUT2D eigenvalue weighted by Gasteiger charge is 2.33. The summed E-state index contributed by atoms with van der Waals surface area (Å²) in [5.74, 6) is -1.23. The van der Waals surface area contributed by atoms with Gasteiger partial charge in [0.15, 0.2) is 0 Å². The van der Waals surface area contributed by atoms with Gasteiger partial charge in [0.25, 0.3) is 6.43 Å². The van der Waals surface area contributed by atoms with Crippen molar-refractivity contribution in [3.63, 3.8) is 0 Å². The molecule has 8 nitrogen and oxygen atoms in total. The fraction of sp³-hybridized carbons (Fsp3) is 0.429. The Morgan fingerprint density at radius 1 is 1.32 bits per heavy atom. The average molecular weight is 374 g/mol. The van der Waals surface area contributed by atoms with Crippen molar-refractivity contribution in [1.29, 1.82) is 0 Å². The van der Waals surface area contributed by atoms with Crippen LogP contribution in [0.4, 0.5) is 8.78 Å². The Balaban J connectivity index is 1.96. The van der Waals surface area contributed by atoms with Crippen LogP contribution in [-0.4, -0.2) is 44.7 Å². The lowest BCUT2D eigenvalue weighted by Crippen LogP contribution is -2.38. The zero-order valence-corrected chi connectivity index (χ0v) is 14.3. The van der Waals surface area contributed by atoms with E-state index in [-0.39, 0.29) is 30.2 Å². The van der Waals surface area contributed by atoms with E-state index in [9.17, 15) is 22.0 Å². The highest BCUT2D eigenvalue weighted by atomic mass is 32.2. The summed E-state index contributed by atoms with van der Waals surface area (Å²) in [6.45, 7) is 1.64. The van der Waals surface area contributed by atoms with E-state index < -0.39 is 28.1 Å². The van der Waals surface area contributed by atoms with E-state index in [4.69, 9.17) is 5.11 Å². The second-order valence-electron chi connectivity index (χ2n) is 5.77. The van der Waals surface area contributed by atoms with Crippen LogP contribution in [0, 0.1) is 6.92 Å². The van der Waals surface area contributed by atoms with E-state index in [0.717, 1.165) is 10.4 Å². The molecule has 0 unspecified atom stereocenters. The number of carboxylic acids is 1. The molecule has 0 spiro atoms. The van der Waals surface area contributed by atoms with Crippen molar-refractivity contribution in [2.75, 3.05) is 6.54 Å². The minimum atomic E-state index is -3.96. The van der Waals surface area contributed by atoms with Gasteiger partial charge in [-0.25, -0.2) is 22.0 Å². The largest absolute Gasteiger partial charge is 0.477 e. The molecule has 11 heteroatoms. The van der Waals surface area contributed by atoms with Gasteiger partial charge in [-0.15, -0.1) is 0 Å². The number of aromatic carboxylic acids is 1. The minimum Gasteiger partial charge on any atom is -0.477 e. The van der Waals surface area contributed by atoms with Crippen molar-refractivity contribution in [3.05, 3.63) is 34.9 Å². The number of aromatic nitrogens is 3. The highest BCUT2D eigenvalue weighted by Crippen LogP contribution is 2.28. The quantitative estimate of drug-likeness (QED) is 0.872. The van der Waals surface area contributed by atoms with E-state index in [0.29, 0.717) is 11.4 Å². The molecule has 0 atom stereocenters. The van der Waals surface area contributed by atoms with E-state index in [1.807, 2.05) is 0 Å². The average Bonchev–Trinajstić information content (AvgIpc) is 3.09. The monoisotopic (exact) mass is 374 g/mol. The van der Waals surface area contributed by atoms with Crippen LogP contribution in [0.2, 0.25) is 0 Å². The fourth-order valence-electron chi connectivity index (χ4n) is 2.85. The van der Waals surface area contributed by atoms with Gasteiger partial charge in [-0.1, -0.05) is 0 Å². The first-order valence-corrected chi connectivity index (χ1v) is 8.81. The standard InChI is InChI=1S/C14H16F2N4O4S/c1-8-12(6-11(14(21)22)18(8)2)25(23,24)19-3-4-20-9(7-19)5-10(17-20)13(15)16/h5-6,13H,3-4,7H2,1-2H3,(H,21,22). The van der Waals surface area contributed by atoms with Gasteiger partial charge in [0.1, 0.15) is 16.3 Å². The van der Waals surface area contributed by atoms with Crippen LogP contribution in [0.15, 0.2) is 17.0 Å². The number of nitrogens with zero attached hydrogens (tertiary/aromatic N) is 4. The fourth-order valence-corrected chi connectivity index (χ4v) is 4.53. The Labute approximate surface area is 142 Å². The Morgan fingerprint density at radius 3 is 2.56 bits per heavy atom. The molecule has 3 heterocycles. The Bertz CT molecular complexity index is 948. The van der Waals surface area contributed by atoms with Crippen molar-refractivity contribution in [2.24, 2.45) is 7.05 Å². The summed E-state index contributed by atoms with van der Waals surface area (Å²) in [5.41, 5.74) is 0.137. The lowest BCUT2D eigenvalue weighted by molar-refractivity contribution is 0.0686. The van der Waals surface area contributed by atoms with E-state index >= 15 is 0 Å². The third-order valence-corrected chi connectivity index (χ3v) is 6.29. The van der Waals surface area contributed by atoms with Crippen LogP contribution >= 0.6 is 0 Å². The summed E-state index contributed by atoms with van der Waals surface area (Å²) in [4.78, 5) is 11.1. The first-order chi connectivity index (χ1) is 11.6. The molecule has 136 valence electrons. The summed E-state index contributed by atoms with van der Waals surface area (Å²) < 4.78 is 55.1. The number of sulfonamides is 1. The molecule has 0 fully saturated rings. The van der Waals surface area contributed by atoms with Gasteiger partial charge < -0.3 is 9.67 Å². The van der Waals surface area contributed by atoms with Crippen LogP contribution in [0.25, 0.3) is 0 Å². The molecule has 3 rings (SSSR count). The number of hydrogen-bond acceptors (Lipinski definition) is 4. The molecule has 0 radical (unpaired) electrons. The Kier molecular flexibility index (Phi) is 4.15. The maximum absolute atomic E-state index is 12.9. The van der Waals surface area contributed by atoms with Crippen LogP contribution in [0.3, 0.4) is 0 Å². The Hall–Kier alpha value is -2.27. The number of hydrogen-bond donors (Lipinski definition) is 1. The summed E-state index contributed by atoms with van der Waals surface area (Å²) in [5, 5.41) is 12.9. The smallest absolute Gasteiger partial charge is 0.352 e. The topological polar surface area (TPSA) is 97.4 Å². The Morgan fingerprint density at radius 2 is 2.00 bits per heavy atom. The first kappa shape index (κ1) is 17.5. The van der Waals surface area contributed by atoms with Gasteiger partial charge in [-0.3, -0.25) is 4.68 Å². The van der Waals surface area contributed by atoms with E-state index in [1.54, 1.807) is 0 Å². The number of carboxylic acid groups (broad SMARTS) is 1. The van der Waals surface area contributed by atoms with Crippen molar-refractivity contribution < 1.29 is 27.1 Å². The molecule has 0 saturated carbocycles. The van der Waals surface area contributed by atoms with Gasteiger partial charge in [0.2, 0.25) is 10.0 Å². The van der Waals surface area contributed by atoms with Crippen molar-refractivity contribution in [1.82, 2.24) is 18.7 Å². The lowest BCUT2D eigenvalue weighted by atomic mass is 10.3. The second-order valence-corrected chi connectivity index (χ2v) is 7.67. The number of halogens is 2. The van der Waals surface area contributed by atoms with Crippen molar-refractivity contribution >= 4 is 16.0 Å². The molecule has 2 aromatic heterocycles. The molecule has 1 N–H and O–H groups in total. The molecule has 25 heavy (non-hydrogen) atoms. The lowest BCUT2D eigenvalue weighted by Gasteiger charge is -2.26. The number of carbonyl (C=O) groups is 1. The van der Waals surface area contributed by atoms with Crippen molar-refractivity contribution in [3.8, 4) is 0 Å². The molecule has 1 aliphatic heterocycles. The number of fused-ring (bicyclic) bond motifs is 1. The summed E-state index contributed by atoms with van der Waals surface area (Å²) in [6, 6.07) is 2.30. The molecule has 0 bridgehead atoms. The molecule has 1 aliphatic rings. The number of alkyl halides is 2. The van der Waals surface area contributed by atoms with Crippen LogP contribution in [-0.2, 0) is 30.2 Å². The predicted octanol–water partition coefficient (Wildman–Crippen LogP) is 1.37. The normalized spacial score (nSPS) is 15.6. The summed E-state index contributed by atoms with van der Waals surface area (Å²) in [6.07, 6.45) is -2.72. The summed E-state index contributed by atoms with van der Waals surface area (Å²) >= 11 is 0. The minimum absolute atomic E-state index is 0.0659. The SMILES string of the molecule is Cc1c(S(=O)(=O)N2CCn3nc(C(F)F)cc3C2)cc(C(=O)O)n1C. The zero-order chi connectivity index (χ0) is 18.5. The van der Waals surface area contributed by atoms with Crippen LogP contribution in [0.1, 0.15) is 34.0 Å². The van der Waals surface area contributed by atoms with Gasteiger partial charge in [-0.2, -0.15) is 9.40 Å². The molecule has 0 saturated heterocycles. The zero-order valence-electron chi connectivity index (χ0n) is 13.5. The highest BCUT2D eigenvalue weighted by molar-refractivity contribution is 7.89. The van der Waals surface area contributed by atoms with E-state index in [1.165, 1.54) is 29.3 Å².